The molecule has 4 aromatic rings. The van der Waals surface area contributed by atoms with Gasteiger partial charge in [0.05, 0.1) is 63.5 Å². The van der Waals surface area contributed by atoms with Crippen LogP contribution in [0.4, 0.5) is 11.4 Å². The highest BCUT2D eigenvalue weighted by Crippen LogP contribution is 2.38. The van der Waals surface area contributed by atoms with Gasteiger partial charge in [-0.2, -0.15) is 0 Å². The number of benzene rings is 4. The molecule has 2 heterocycles. The molecule has 4 amide bonds. The number of imide groups is 2. The normalized spacial score (nSPS) is 14.6. The van der Waals surface area contributed by atoms with Crippen molar-refractivity contribution in [3.05, 3.63) is 115 Å². The summed E-state index contributed by atoms with van der Waals surface area (Å²) in [5, 5.41) is 0.163. The van der Waals surface area contributed by atoms with Gasteiger partial charge in [0.2, 0.25) is 9.84 Å². The molecule has 2 aliphatic rings. The van der Waals surface area contributed by atoms with Crippen LogP contribution < -0.4 is 9.80 Å². The Labute approximate surface area is 252 Å². The van der Waals surface area contributed by atoms with E-state index in [0.717, 1.165) is 9.80 Å². The van der Waals surface area contributed by atoms with Crippen molar-refractivity contribution in [1.29, 1.82) is 0 Å². The Hall–Kier alpha value is -3.73. The van der Waals surface area contributed by atoms with Crippen LogP contribution in [0.3, 0.4) is 0 Å². The van der Waals surface area contributed by atoms with E-state index >= 15 is 0 Å². The number of hydrogen-bond donors (Lipinski definition) is 0. The molecule has 0 fully saturated rings. The van der Waals surface area contributed by atoms with E-state index in [-0.39, 0.29) is 63.5 Å². The number of carbonyl (C=O) groups is 4. The number of sulfone groups is 1. The molecule has 0 saturated heterocycles. The predicted octanol–water partition coefficient (Wildman–Crippen LogP) is 6.73. The summed E-state index contributed by atoms with van der Waals surface area (Å²) in [6.07, 6.45) is 0. The van der Waals surface area contributed by atoms with Crippen LogP contribution in [0.15, 0.2) is 82.6 Å². The summed E-state index contributed by atoms with van der Waals surface area (Å²) in [6.45, 7) is 0. The van der Waals surface area contributed by atoms with Gasteiger partial charge in [-0.25, -0.2) is 18.2 Å². The second kappa shape index (κ2) is 9.68. The molecule has 0 aromatic heterocycles. The first kappa shape index (κ1) is 27.4. The highest BCUT2D eigenvalue weighted by Gasteiger charge is 2.40. The smallest absolute Gasteiger partial charge is 0.267 e. The quantitative estimate of drug-likeness (QED) is 0.228. The van der Waals surface area contributed by atoms with Crippen LogP contribution in [0.5, 0.6) is 0 Å². The van der Waals surface area contributed by atoms with Crippen LogP contribution in [-0.2, 0) is 9.84 Å². The lowest BCUT2D eigenvalue weighted by Crippen LogP contribution is -2.29. The zero-order valence-electron chi connectivity index (χ0n) is 20.2. The summed E-state index contributed by atoms with van der Waals surface area (Å²) in [6, 6.07) is 16.0. The first-order valence-corrected chi connectivity index (χ1v) is 14.6. The van der Waals surface area contributed by atoms with E-state index in [1.54, 1.807) is 0 Å². The van der Waals surface area contributed by atoms with Crippen molar-refractivity contribution in [2.24, 2.45) is 0 Å². The highest BCUT2D eigenvalue weighted by atomic mass is 35.5. The Bertz CT molecular complexity index is 1840. The number of fused-ring (bicyclic) bond motifs is 2. The number of anilines is 2. The molecule has 0 spiro atoms. The van der Waals surface area contributed by atoms with E-state index in [1.807, 2.05) is 0 Å². The molecule has 0 radical (unpaired) electrons. The fourth-order valence-electron chi connectivity index (χ4n) is 4.68. The molecule has 0 bridgehead atoms. The number of rotatable bonds is 4. The van der Waals surface area contributed by atoms with Gasteiger partial charge in [-0.1, -0.05) is 46.4 Å². The molecule has 0 atom stereocenters. The van der Waals surface area contributed by atoms with Crippen molar-refractivity contribution in [3.8, 4) is 0 Å². The number of nitrogens with zero attached hydrogens (tertiary/aromatic N) is 2. The predicted molar refractivity (Wildman–Crippen MR) is 154 cm³/mol. The Morgan fingerprint density at radius 3 is 1.15 bits per heavy atom. The van der Waals surface area contributed by atoms with E-state index in [9.17, 15) is 27.6 Å². The molecular weight excluding hydrogens is 634 g/mol. The van der Waals surface area contributed by atoms with Crippen LogP contribution in [0.25, 0.3) is 0 Å². The van der Waals surface area contributed by atoms with Gasteiger partial charge in [0, 0.05) is 0 Å². The number of halogens is 4. The average molecular weight is 646 g/mol. The topological polar surface area (TPSA) is 109 Å². The molecule has 0 aliphatic carbocycles. The van der Waals surface area contributed by atoms with E-state index in [2.05, 4.69) is 0 Å². The first-order valence-electron chi connectivity index (χ1n) is 11.6. The highest BCUT2D eigenvalue weighted by molar-refractivity contribution is 7.91. The van der Waals surface area contributed by atoms with Gasteiger partial charge >= 0.3 is 0 Å². The Morgan fingerprint density at radius 2 is 0.805 bits per heavy atom. The van der Waals surface area contributed by atoms with Crippen LogP contribution in [0.1, 0.15) is 41.4 Å². The van der Waals surface area contributed by atoms with Crippen molar-refractivity contribution in [1.82, 2.24) is 0 Å². The third kappa shape index (κ3) is 4.07. The minimum Gasteiger partial charge on any atom is -0.268 e. The largest absolute Gasteiger partial charge is 0.268 e. The summed E-state index contributed by atoms with van der Waals surface area (Å²) >= 11 is 24.3. The third-order valence-corrected chi connectivity index (χ3v) is 10.1. The molecule has 4 aromatic carbocycles. The molecule has 8 nitrogen and oxygen atoms in total. The van der Waals surface area contributed by atoms with Gasteiger partial charge in [0.25, 0.3) is 23.6 Å². The SMILES string of the molecule is O=C1c2ccc(Cl)c(Cl)c2C(=O)N1c1ccc(S(=O)(=O)c2ccc(N3C(=O)c4ccc(Cl)c(Cl)c4C3=O)cc2)cc1. The van der Waals surface area contributed by atoms with Gasteiger partial charge in [-0.15, -0.1) is 0 Å². The summed E-state index contributed by atoms with van der Waals surface area (Å²) in [5.41, 5.74) is 0.409. The maximum atomic E-state index is 13.3. The lowest BCUT2D eigenvalue weighted by molar-refractivity contribution is 0.0910. The standard InChI is InChI=1S/C28H12Cl4N2O6S/c29-19-11-9-17-21(23(19)31)27(37)33(25(17)35)13-1-5-15(6-2-13)41(39,40)16-7-3-14(4-8-16)34-26(36)18-10-12-20(30)24(32)22(18)28(34)38/h1-12H. The summed E-state index contributed by atoms with van der Waals surface area (Å²) in [5.74, 6) is -2.60. The average Bonchev–Trinajstić information content (AvgIpc) is 3.37. The van der Waals surface area contributed by atoms with Gasteiger partial charge in [-0.3, -0.25) is 19.2 Å². The van der Waals surface area contributed by atoms with E-state index < -0.39 is 33.5 Å². The maximum Gasteiger partial charge on any atom is 0.267 e. The fourth-order valence-corrected chi connectivity index (χ4v) is 6.75. The summed E-state index contributed by atoms with van der Waals surface area (Å²) in [7, 11) is -4.06. The second-order valence-corrected chi connectivity index (χ2v) is 12.5. The molecule has 0 unspecified atom stereocenters. The first-order chi connectivity index (χ1) is 19.4. The van der Waals surface area contributed by atoms with Crippen molar-refractivity contribution in [2.45, 2.75) is 9.79 Å². The van der Waals surface area contributed by atoms with E-state index in [4.69, 9.17) is 46.4 Å². The zero-order chi connectivity index (χ0) is 29.4. The Kier molecular flexibility index (Phi) is 6.48. The monoisotopic (exact) mass is 644 g/mol. The third-order valence-electron chi connectivity index (χ3n) is 6.70. The van der Waals surface area contributed by atoms with Crippen LogP contribution in [0.2, 0.25) is 20.1 Å². The number of hydrogen-bond acceptors (Lipinski definition) is 6. The van der Waals surface area contributed by atoms with Crippen LogP contribution >= 0.6 is 46.4 Å². The molecule has 204 valence electrons. The molecule has 41 heavy (non-hydrogen) atoms. The molecular formula is C28H12Cl4N2O6S. The Morgan fingerprint density at radius 1 is 0.463 bits per heavy atom. The second-order valence-electron chi connectivity index (χ2n) is 8.95. The number of carbonyl (C=O) groups excluding carboxylic acids is 4. The van der Waals surface area contributed by atoms with Crippen LogP contribution in [-0.4, -0.2) is 32.0 Å². The lowest BCUT2D eigenvalue weighted by Gasteiger charge is -2.15. The van der Waals surface area contributed by atoms with Crippen molar-refractivity contribution < 1.29 is 27.6 Å². The minimum atomic E-state index is -4.06. The van der Waals surface area contributed by atoms with Gasteiger partial charge in [0.15, 0.2) is 0 Å². The van der Waals surface area contributed by atoms with Gasteiger partial charge < -0.3 is 0 Å². The maximum absolute atomic E-state index is 13.3. The van der Waals surface area contributed by atoms with Crippen LogP contribution in [0, 0.1) is 0 Å². The van der Waals surface area contributed by atoms with Crippen molar-refractivity contribution in [2.75, 3.05) is 9.80 Å². The molecule has 2 aliphatic heterocycles. The molecule has 0 saturated carbocycles. The fraction of sp³-hybridized carbons (Fsp3) is 0. The molecule has 0 N–H and O–H groups in total. The number of amides is 4. The van der Waals surface area contributed by atoms with E-state index in [0.29, 0.717) is 0 Å². The van der Waals surface area contributed by atoms with E-state index in [1.165, 1.54) is 72.8 Å². The van der Waals surface area contributed by atoms with Gasteiger partial charge in [0.1, 0.15) is 0 Å². The van der Waals surface area contributed by atoms with Crippen molar-refractivity contribution in [3.63, 3.8) is 0 Å². The molecule has 13 heteroatoms. The zero-order valence-corrected chi connectivity index (χ0v) is 24.0. The van der Waals surface area contributed by atoms with Gasteiger partial charge in [-0.05, 0) is 72.8 Å². The lowest BCUT2D eigenvalue weighted by atomic mass is 10.1. The molecule has 6 rings (SSSR count). The summed E-state index contributed by atoms with van der Waals surface area (Å²) in [4.78, 5) is 53.2. The summed E-state index contributed by atoms with van der Waals surface area (Å²) < 4.78 is 26.6. The Balaban J connectivity index is 1.27. The minimum absolute atomic E-state index is 0.0237. The van der Waals surface area contributed by atoms with Crippen molar-refractivity contribution >= 4 is 91.2 Å².